The predicted octanol–water partition coefficient (Wildman–Crippen LogP) is 4.09. The van der Waals surface area contributed by atoms with Gasteiger partial charge in [0.15, 0.2) is 0 Å². The first-order valence-electron chi connectivity index (χ1n) is 4.45. The standard InChI is InChI=1S/C10H6Cl2F4O2/c1-18-7-3-5(11)4(2-6(7)12)8(17)10(15,16)9(13)14/h2-3,9H,1H3. The molecular weight excluding hydrogens is 299 g/mol. The molecule has 1 aromatic carbocycles. The van der Waals surface area contributed by atoms with Gasteiger partial charge in [0, 0.05) is 11.6 Å². The molecule has 0 heterocycles. The average Bonchev–Trinajstić information content (AvgIpc) is 2.30. The Morgan fingerprint density at radius 1 is 1.28 bits per heavy atom. The first kappa shape index (κ1) is 15.0. The first-order valence-corrected chi connectivity index (χ1v) is 5.21. The number of ketones is 1. The molecule has 0 bridgehead atoms. The molecule has 2 nitrogen and oxygen atoms in total. The van der Waals surface area contributed by atoms with E-state index < -0.39 is 28.7 Å². The molecule has 0 aliphatic heterocycles. The lowest BCUT2D eigenvalue weighted by Crippen LogP contribution is -2.36. The molecule has 1 rings (SSSR count). The molecule has 18 heavy (non-hydrogen) atoms. The Balaban J connectivity index is 3.27. The topological polar surface area (TPSA) is 26.3 Å². The maximum atomic E-state index is 12.9. The normalized spacial score (nSPS) is 11.8. The zero-order chi connectivity index (χ0) is 14.1. The summed E-state index contributed by atoms with van der Waals surface area (Å²) in [5.41, 5.74) is -0.784. The zero-order valence-electron chi connectivity index (χ0n) is 8.82. The fourth-order valence-electron chi connectivity index (χ4n) is 1.14. The van der Waals surface area contributed by atoms with Crippen molar-refractivity contribution in [3.8, 4) is 5.75 Å². The highest BCUT2D eigenvalue weighted by atomic mass is 35.5. The van der Waals surface area contributed by atoms with Crippen molar-refractivity contribution in [2.24, 2.45) is 0 Å². The minimum Gasteiger partial charge on any atom is -0.495 e. The molecule has 0 unspecified atom stereocenters. The van der Waals surface area contributed by atoms with Gasteiger partial charge in [-0.3, -0.25) is 4.79 Å². The molecule has 0 atom stereocenters. The van der Waals surface area contributed by atoms with Gasteiger partial charge in [-0.15, -0.1) is 0 Å². The molecule has 0 N–H and O–H groups in total. The second-order valence-corrected chi connectivity index (χ2v) is 4.03. The quantitative estimate of drug-likeness (QED) is 0.619. The lowest BCUT2D eigenvalue weighted by Gasteiger charge is -2.15. The van der Waals surface area contributed by atoms with Gasteiger partial charge in [0.05, 0.1) is 17.2 Å². The van der Waals surface area contributed by atoms with E-state index in [4.69, 9.17) is 27.9 Å². The van der Waals surface area contributed by atoms with Crippen LogP contribution in [0.15, 0.2) is 12.1 Å². The fraction of sp³-hybridized carbons (Fsp3) is 0.300. The summed E-state index contributed by atoms with van der Waals surface area (Å²) in [6.45, 7) is 0. The molecule has 0 aliphatic carbocycles. The third-order valence-corrected chi connectivity index (χ3v) is 2.67. The van der Waals surface area contributed by atoms with E-state index in [1.165, 1.54) is 7.11 Å². The van der Waals surface area contributed by atoms with Crippen LogP contribution < -0.4 is 4.74 Å². The van der Waals surface area contributed by atoms with Crippen LogP contribution in [-0.4, -0.2) is 25.2 Å². The number of carbonyl (C=O) groups is 1. The van der Waals surface area contributed by atoms with Gasteiger partial charge in [-0.1, -0.05) is 23.2 Å². The Morgan fingerprint density at radius 3 is 2.28 bits per heavy atom. The third kappa shape index (κ3) is 2.70. The van der Waals surface area contributed by atoms with Gasteiger partial charge in [-0.2, -0.15) is 8.78 Å². The Bertz CT molecular complexity index is 477. The first-order chi connectivity index (χ1) is 8.21. The van der Waals surface area contributed by atoms with Crippen LogP contribution in [0.25, 0.3) is 0 Å². The average molecular weight is 305 g/mol. The molecular formula is C10H6Cl2F4O2. The van der Waals surface area contributed by atoms with Gasteiger partial charge < -0.3 is 4.74 Å². The van der Waals surface area contributed by atoms with Crippen molar-refractivity contribution in [1.29, 1.82) is 0 Å². The third-order valence-electron chi connectivity index (χ3n) is 2.06. The highest BCUT2D eigenvalue weighted by Crippen LogP contribution is 2.35. The smallest absolute Gasteiger partial charge is 0.368 e. The van der Waals surface area contributed by atoms with Crippen LogP contribution in [-0.2, 0) is 0 Å². The number of hydrogen-bond acceptors (Lipinski definition) is 2. The summed E-state index contributed by atoms with van der Waals surface area (Å²) in [5.74, 6) is -6.87. The molecule has 8 heteroatoms. The van der Waals surface area contributed by atoms with Gasteiger partial charge in [-0.25, -0.2) is 8.78 Å². The van der Waals surface area contributed by atoms with Crippen molar-refractivity contribution in [1.82, 2.24) is 0 Å². The Morgan fingerprint density at radius 2 is 1.83 bits per heavy atom. The van der Waals surface area contributed by atoms with Crippen LogP contribution >= 0.6 is 23.2 Å². The molecule has 0 aromatic heterocycles. The van der Waals surface area contributed by atoms with Crippen LogP contribution in [0.3, 0.4) is 0 Å². The number of benzene rings is 1. The molecule has 0 saturated carbocycles. The summed E-state index contributed by atoms with van der Waals surface area (Å²) in [6.07, 6.45) is -4.12. The van der Waals surface area contributed by atoms with Crippen LogP contribution in [0.2, 0.25) is 10.0 Å². The predicted molar refractivity (Wildman–Crippen MR) is 58.3 cm³/mol. The molecule has 0 aliphatic rings. The van der Waals surface area contributed by atoms with Crippen LogP contribution in [0, 0.1) is 0 Å². The summed E-state index contributed by atoms with van der Waals surface area (Å²) in [6, 6.07) is 1.76. The zero-order valence-corrected chi connectivity index (χ0v) is 10.3. The van der Waals surface area contributed by atoms with E-state index in [0.717, 1.165) is 12.1 Å². The SMILES string of the molecule is COc1cc(Cl)c(C(=O)C(F)(F)C(F)F)cc1Cl. The molecule has 1 aromatic rings. The van der Waals surface area contributed by atoms with E-state index in [2.05, 4.69) is 0 Å². The van der Waals surface area contributed by atoms with Gasteiger partial charge in [0.25, 0.3) is 0 Å². The summed E-state index contributed by atoms with van der Waals surface area (Å²) >= 11 is 11.2. The number of alkyl halides is 4. The molecule has 100 valence electrons. The van der Waals surface area contributed by atoms with Gasteiger partial charge in [0.1, 0.15) is 5.75 Å². The molecule has 0 fully saturated rings. The Kier molecular flexibility index (Phi) is 4.45. The van der Waals surface area contributed by atoms with Crippen LogP contribution in [0.5, 0.6) is 5.75 Å². The van der Waals surface area contributed by atoms with Crippen molar-refractivity contribution in [3.05, 3.63) is 27.7 Å². The summed E-state index contributed by atoms with van der Waals surface area (Å²) in [7, 11) is 1.24. The second-order valence-electron chi connectivity index (χ2n) is 3.22. The number of hydrogen-bond donors (Lipinski definition) is 0. The molecule has 0 saturated heterocycles. The highest BCUT2D eigenvalue weighted by molar-refractivity contribution is 6.37. The minimum atomic E-state index is -4.82. The van der Waals surface area contributed by atoms with Crippen molar-refractivity contribution in [2.45, 2.75) is 12.3 Å². The van der Waals surface area contributed by atoms with Gasteiger partial charge >= 0.3 is 12.3 Å². The Hall–Kier alpha value is -1.01. The van der Waals surface area contributed by atoms with E-state index in [9.17, 15) is 22.4 Å². The van der Waals surface area contributed by atoms with Crippen LogP contribution in [0.4, 0.5) is 17.6 Å². The van der Waals surface area contributed by atoms with E-state index >= 15 is 0 Å². The maximum absolute atomic E-state index is 12.9. The van der Waals surface area contributed by atoms with Crippen molar-refractivity contribution >= 4 is 29.0 Å². The number of rotatable bonds is 4. The lowest BCUT2D eigenvalue weighted by molar-refractivity contribution is -0.0958. The number of carbonyl (C=O) groups excluding carboxylic acids is 1. The van der Waals surface area contributed by atoms with E-state index in [-0.39, 0.29) is 10.8 Å². The number of methoxy groups -OCH3 is 1. The summed E-state index contributed by atoms with van der Waals surface area (Å²) < 4.78 is 54.6. The minimum absolute atomic E-state index is 0.0404. The molecule has 0 spiro atoms. The number of halogens is 6. The van der Waals surface area contributed by atoms with Gasteiger partial charge in [0.2, 0.25) is 5.78 Å². The number of Topliss-reactive ketones (excluding diaryl/α,β-unsaturated/α-hetero) is 1. The monoisotopic (exact) mass is 304 g/mol. The van der Waals surface area contributed by atoms with E-state index in [1.807, 2.05) is 0 Å². The largest absolute Gasteiger partial charge is 0.495 e. The maximum Gasteiger partial charge on any atom is 0.368 e. The lowest BCUT2D eigenvalue weighted by atomic mass is 10.1. The molecule has 0 amide bonds. The molecule has 0 radical (unpaired) electrons. The number of ether oxygens (including phenoxy) is 1. The van der Waals surface area contributed by atoms with E-state index in [0.29, 0.717) is 0 Å². The second kappa shape index (κ2) is 5.32. The summed E-state index contributed by atoms with van der Waals surface area (Å²) in [4.78, 5) is 11.3. The van der Waals surface area contributed by atoms with Crippen LogP contribution in [0.1, 0.15) is 10.4 Å². The Labute approximate surface area is 109 Å². The van der Waals surface area contributed by atoms with E-state index in [1.54, 1.807) is 0 Å². The van der Waals surface area contributed by atoms with Crippen molar-refractivity contribution in [2.75, 3.05) is 7.11 Å². The van der Waals surface area contributed by atoms with Gasteiger partial charge in [-0.05, 0) is 6.07 Å². The highest BCUT2D eigenvalue weighted by Gasteiger charge is 2.49. The van der Waals surface area contributed by atoms with Crippen molar-refractivity contribution in [3.63, 3.8) is 0 Å². The summed E-state index contributed by atoms with van der Waals surface area (Å²) in [5, 5.41) is -0.628. The fourth-order valence-corrected chi connectivity index (χ4v) is 1.62. The van der Waals surface area contributed by atoms with Crippen molar-refractivity contribution < 1.29 is 27.1 Å².